The molecule has 27 heavy (non-hydrogen) atoms. The van der Waals surface area contributed by atoms with Crippen molar-refractivity contribution in [1.29, 1.82) is 0 Å². The topological polar surface area (TPSA) is 99.5 Å². The predicted octanol–water partition coefficient (Wildman–Crippen LogP) is 1.27. The Morgan fingerprint density at radius 1 is 1.22 bits per heavy atom. The van der Waals surface area contributed by atoms with E-state index in [9.17, 15) is 14.4 Å². The number of amides is 1. The Balaban J connectivity index is 1.87. The zero-order valence-corrected chi connectivity index (χ0v) is 15.9. The van der Waals surface area contributed by atoms with Crippen LogP contribution < -0.4 is 20.3 Å². The third-order valence-corrected chi connectivity index (χ3v) is 4.12. The molecule has 0 radical (unpaired) electrons. The minimum Gasteiger partial charge on any atom is -0.493 e. The zero-order valence-electron chi connectivity index (χ0n) is 15.9. The second-order valence-corrected chi connectivity index (χ2v) is 6.01. The molecule has 144 valence electrons. The van der Waals surface area contributed by atoms with Gasteiger partial charge in [0.15, 0.2) is 23.9 Å². The summed E-state index contributed by atoms with van der Waals surface area (Å²) in [4.78, 5) is 39.6. The van der Waals surface area contributed by atoms with E-state index in [-0.39, 0.29) is 30.4 Å². The van der Waals surface area contributed by atoms with Crippen LogP contribution in [0.1, 0.15) is 28.5 Å². The number of hydrogen-bond donors (Lipinski definition) is 1. The van der Waals surface area contributed by atoms with E-state index in [4.69, 9.17) is 9.47 Å². The number of carbonyl (C=O) groups excluding carboxylic acids is 2. The first-order valence-corrected chi connectivity index (χ1v) is 8.44. The maximum Gasteiger partial charge on any atom is 0.258 e. The van der Waals surface area contributed by atoms with Gasteiger partial charge in [-0.15, -0.1) is 0 Å². The highest BCUT2D eigenvalue weighted by atomic mass is 16.5. The number of aromatic nitrogens is 2. The van der Waals surface area contributed by atoms with Gasteiger partial charge in [-0.05, 0) is 39.0 Å². The van der Waals surface area contributed by atoms with Crippen LogP contribution in [0.25, 0.3) is 0 Å². The molecule has 0 atom stereocenters. The van der Waals surface area contributed by atoms with Gasteiger partial charge in [0.1, 0.15) is 0 Å². The second-order valence-electron chi connectivity index (χ2n) is 6.01. The van der Waals surface area contributed by atoms with Crippen LogP contribution in [0.15, 0.2) is 29.3 Å². The summed E-state index contributed by atoms with van der Waals surface area (Å²) in [6.45, 7) is 5.33. The molecule has 0 fully saturated rings. The summed E-state index contributed by atoms with van der Waals surface area (Å²) in [6.07, 6.45) is 1.47. The normalized spacial score (nSPS) is 10.4. The average molecular weight is 373 g/mol. The molecule has 8 heteroatoms. The van der Waals surface area contributed by atoms with E-state index in [1.807, 2.05) is 0 Å². The van der Waals surface area contributed by atoms with Crippen molar-refractivity contribution < 1.29 is 19.1 Å². The van der Waals surface area contributed by atoms with Crippen molar-refractivity contribution in [2.45, 2.75) is 27.3 Å². The monoisotopic (exact) mass is 373 g/mol. The number of methoxy groups -OCH3 is 1. The lowest BCUT2D eigenvalue weighted by atomic mass is 10.1. The van der Waals surface area contributed by atoms with Gasteiger partial charge in [-0.1, -0.05) is 0 Å². The molecule has 2 aromatic rings. The van der Waals surface area contributed by atoms with Crippen LogP contribution in [-0.4, -0.2) is 41.5 Å². The van der Waals surface area contributed by atoms with Gasteiger partial charge in [0.05, 0.1) is 13.4 Å². The molecule has 0 aliphatic rings. The summed E-state index contributed by atoms with van der Waals surface area (Å²) in [7, 11) is 1.46. The first kappa shape index (κ1) is 20.2. The molecule has 0 saturated heterocycles. The van der Waals surface area contributed by atoms with Crippen LogP contribution in [0.2, 0.25) is 0 Å². The molecule has 0 spiro atoms. The number of rotatable bonds is 8. The van der Waals surface area contributed by atoms with Crippen LogP contribution in [0.3, 0.4) is 0 Å². The van der Waals surface area contributed by atoms with Gasteiger partial charge in [-0.2, -0.15) is 0 Å². The van der Waals surface area contributed by atoms with E-state index in [2.05, 4.69) is 10.3 Å². The molecule has 2 rings (SSSR count). The Morgan fingerprint density at radius 2 is 1.96 bits per heavy atom. The number of ether oxygens (including phenoxy) is 2. The highest BCUT2D eigenvalue weighted by Gasteiger charge is 2.10. The van der Waals surface area contributed by atoms with Crippen molar-refractivity contribution in [2.24, 2.45) is 0 Å². The minimum absolute atomic E-state index is 0.0892. The van der Waals surface area contributed by atoms with Gasteiger partial charge < -0.3 is 14.8 Å². The smallest absolute Gasteiger partial charge is 0.258 e. The standard InChI is InChI=1S/C19H23N3O5/c1-12-13(2)21-11-22(19(12)25)8-7-20-18(24)10-27-16-6-5-15(14(3)23)9-17(16)26-4/h5-6,9,11H,7-8,10H2,1-4H3,(H,20,24). The maximum atomic E-state index is 12.1. The van der Waals surface area contributed by atoms with E-state index < -0.39 is 0 Å². The number of carbonyl (C=O) groups is 2. The summed E-state index contributed by atoms with van der Waals surface area (Å²) >= 11 is 0. The van der Waals surface area contributed by atoms with Crippen LogP contribution in [0, 0.1) is 13.8 Å². The Morgan fingerprint density at radius 3 is 2.63 bits per heavy atom. The lowest BCUT2D eigenvalue weighted by Gasteiger charge is -2.12. The number of benzene rings is 1. The average Bonchev–Trinajstić information content (AvgIpc) is 2.66. The molecule has 1 aromatic carbocycles. The SMILES string of the molecule is COc1cc(C(C)=O)ccc1OCC(=O)NCCn1cnc(C)c(C)c1=O. The quantitative estimate of drug-likeness (QED) is 0.700. The van der Waals surface area contributed by atoms with Crippen molar-refractivity contribution in [1.82, 2.24) is 14.9 Å². The molecular weight excluding hydrogens is 350 g/mol. The van der Waals surface area contributed by atoms with Gasteiger partial charge in [-0.25, -0.2) is 4.98 Å². The summed E-state index contributed by atoms with van der Waals surface area (Å²) in [5.41, 5.74) is 1.66. The fourth-order valence-electron chi connectivity index (χ4n) is 2.35. The molecule has 1 N–H and O–H groups in total. The van der Waals surface area contributed by atoms with E-state index in [0.29, 0.717) is 34.9 Å². The highest BCUT2D eigenvalue weighted by Crippen LogP contribution is 2.28. The molecule has 8 nitrogen and oxygen atoms in total. The fourth-order valence-corrected chi connectivity index (χ4v) is 2.35. The van der Waals surface area contributed by atoms with E-state index in [1.54, 1.807) is 32.0 Å². The summed E-state index contributed by atoms with van der Waals surface area (Å²) < 4.78 is 12.1. The first-order valence-electron chi connectivity index (χ1n) is 8.44. The largest absolute Gasteiger partial charge is 0.493 e. The van der Waals surface area contributed by atoms with Crippen LogP contribution >= 0.6 is 0 Å². The third kappa shape index (κ3) is 5.16. The second kappa shape index (κ2) is 8.98. The van der Waals surface area contributed by atoms with Crippen molar-refractivity contribution >= 4 is 11.7 Å². The highest BCUT2D eigenvalue weighted by molar-refractivity contribution is 5.94. The van der Waals surface area contributed by atoms with E-state index in [1.165, 1.54) is 24.9 Å². The molecule has 0 unspecified atom stereocenters. The van der Waals surface area contributed by atoms with Gasteiger partial charge in [0, 0.05) is 29.9 Å². The summed E-state index contributed by atoms with van der Waals surface area (Å²) in [5.74, 6) is 0.321. The number of ketones is 1. The molecule has 1 aromatic heterocycles. The lowest BCUT2D eigenvalue weighted by Crippen LogP contribution is -2.34. The van der Waals surface area contributed by atoms with Crippen LogP contribution in [0.4, 0.5) is 0 Å². The zero-order chi connectivity index (χ0) is 20.0. The summed E-state index contributed by atoms with van der Waals surface area (Å²) in [5, 5.41) is 2.68. The van der Waals surface area contributed by atoms with Crippen molar-refractivity contribution in [3.63, 3.8) is 0 Å². The predicted molar refractivity (Wildman–Crippen MR) is 99.5 cm³/mol. The molecular formula is C19H23N3O5. The number of hydrogen-bond acceptors (Lipinski definition) is 6. The Labute approximate surface area is 157 Å². The molecule has 0 bridgehead atoms. The number of nitrogens with zero attached hydrogens (tertiary/aromatic N) is 2. The Hall–Kier alpha value is -3.16. The van der Waals surface area contributed by atoms with E-state index >= 15 is 0 Å². The van der Waals surface area contributed by atoms with Gasteiger partial charge >= 0.3 is 0 Å². The molecule has 1 heterocycles. The van der Waals surface area contributed by atoms with Gasteiger partial charge in [0.25, 0.3) is 11.5 Å². The first-order chi connectivity index (χ1) is 12.8. The fraction of sp³-hybridized carbons (Fsp3) is 0.368. The van der Waals surface area contributed by atoms with Gasteiger partial charge in [0.2, 0.25) is 0 Å². The van der Waals surface area contributed by atoms with Crippen LogP contribution in [-0.2, 0) is 11.3 Å². The number of nitrogens with one attached hydrogen (secondary N) is 1. The minimum atomic E-state index is -0.336. The van der Waals surface area contributed by atoms with Crippen molar-refractivity contribution in [2.75, 3.05) is 20.3 Å². The van der Waals surface area contributed by atoms with Gasteiger partial charge in [-0.3, -0.25) is 19.0 Å². The lowest BCUT2D eigenvalue weighted by molar-refractivity contribution is -0.123. The van der Waals surface area contributed by atoms with Crippen molar-refractivity contribution in [3.8, 4) is 11.5 Å². The summed E-state index contributed by atoms with van der Waals surface area (Å²) in [6, 6.07) is 4.76. The maximum absolute atomic E-state index is 12.1. The van der Waals surface area contributed by atoms with Crippen LogP contribution in [0.5, 0.6) is 11.5 Å². The molecule has 0 aliphatic heterocycles. The van der Waals surface area contributed by atoms with E-state index in [0.717, 1.165) is 0 Å². The number of Topliss-reactive ketones (excluding diaryl/α,β-unsaturated/α-hetero) is 1. The third-order valence-electron chi connectivity index (χ3n) is 4.12. The number of aryl methyl sites for hydroxylation is 1. The Kier molecular flexibility index (Phi) is 6.70. The Bertz CT molecular complexity index is 905. The molecule has 0 saturated carbocycles. The molecule has 1 amide bonds. The molecule has 0 aliphatic carbocycles. The van der Waals surface area contributed by atoms with Crippen molar-refractivity contribution in [3.05, 3.63) is 51.7 Å².